The quantitative estimate of drug-likeness (QED) is 0.357. The van der Waals surface area contributed by atoms with E-state index in [0.717, 1.165) is 27.6 Å². The molecule has 0 aliphatic carbocycles. The number of carbonyl (C=O) groups is 1. The molecule has 13 heteroatoms. The minimum Gasteiger partial charge on any atom is -0.496 e. The van der Waals surface area contributed by atoms with Gasteiger partial charge in [0.2, 0.25) is 16.8 Å². The predicted octanol–water partition coefficient (Wildman–Crippen LogP) is 4.52. The number of nitrogens with zero attached hydrogens (tertiary/aromatic N) is 4. The minimum absolute atomic E-state index is 0.161. The van der Waals surface area contributed by atoms with E-state index in [2.05, 4.69) is 15.3 Å². The zero-order chi connectivity index (χ0) is 30.1. The van der Waals surface area contributed by atoms with Gasteiger partial charge >= 0.3 is 6.09 Å². The molecule has 0 bridgehead atoms. The molecule has 0 radical (unpaired) electrons. The third kappa shape index (κ3) is 6.94. The number of nitrogens with one attached hydrogen (secondary N) is 1. The summed E-state index contributed by atoms with van der Waals surface area (Å²) >= 11 is 6.68. The molecule has 1 aliphatic rings. The maximum absolute atomic E-state index is 12.9. The van der Waals surface area contributed by atoms with Crippen LogP contribution in [0.1, 0.15) is 32.8 Å². The molecule has 222 valence electrons. The normalized spacial score (nSPS) is 17.4. The van der Waals surface area contributed by atoms with Crippen LogP contribution in [0.3, 0.4) is 0 Å². The molecule has 4 rings (SSSR count). The van der Waals surface area contributed by atoms with Gasteiger partial charge in [-0.05, 0) is 51.8 Å². The third-order valence-corrected chi connectivity index (χ3v) is 7.98. The summed E-state index contributed by atoms with van der Waals surface area (Å²) in [6, 6.07) is 6.98. The van der Waals surface area contributed by atoms with Gasteiger partial charge in [-0.2, -0.15) is 0 Å². The first-order valence-corrected chi connectivity index (χ1v) is 14.6. The molecule has 1 fully saturated rings. The van der Waals surface area contributed by atoms with Crippen molar-refractivity contribution < 1.29 is 27.4 Å². The molecule has 41 heavy (non-hydrogen) atoms. The van der Waals surface area contributed by atoms with Crippen molar-refractivity contribution in [3.8, 4) is 22.6 Å². The Balaban J connectivity index is 1.58. The number of benzene rings is 2. The molecule has 1 N–H and O–H groups in total. The number of rotatable bonds is 8. The van der Waals surface area contributed by atoms with Crippen molar-refractivity contribution in [2.24, 2.45) is 0 Å². The molecule has 3 aromatic rings. The number of carbonyl (C=O) groups excluding carboxylic acids is 1. The lowest BCUT2D eigenvalue weighted by Crippen LogP contribution is -2.44. The van der Waals surface area contributed by atoms with Gasteiger partial charge < -0.3 is 24.4 Å². The molecule has 2 aromatic carbocycles. The lowest BCUT2D eigenvalue weighted by molar-refractivity contribution is 0.0216. The number of methoxy groups -OCH3 is 2. The van der Waals surface area contributed by atoms with Crippen LogP contribution in [0.2, 0.25) is 5.02 Å². The van der Waals surface area contributed by atoms with E-state index >= 15 is 0 Å². The minimum atomic E-state index is -2.77. The van der Waals surface area contributed by atoms with Gasteiger partial charge in [-0.25, -0.2) is 27.5 Å². The molecule has 2 atom stereocenters. The number of likely N-dealkylation sites (N-methyl/N-ethyl adjacent to an activating group) is 1. The van der Waals surface area contributed by atoms with Crippen molar-refractivity contribution in [2.75, 3.05) is 39.7 Å². The van der Waals surface area contributed by atoms with Gasteiger partial charge in [0.1, 0.15) is 17.1 Å². The monoisotopic (exact) mass is 605 g/mol. The largest absolute Gasteiger partial charge is 0.496 e. The van der Waals surface area contributed by atoms with E-state index < -0.39 is 22.6 Å². The van der Waals surface area contributed by atoms with Crippen molar-refractivity contribution >= 4 is 45.4 Å². The van der Waals surface area contributed by atoms with Crippen molar-refractivity contribution in [3.63, 3.8) is 0 Å². The highest BCUT2D eigenvalue weighted by Gasteiger charge is 2.38. The van der Waals surface area contributed by atoms with E-state index in [4.69, 9.17) is 25.8 Å². The molecule has 1 aliphatic heterocycles. The Morgan fingerprint density at radius 1 is 1.20 bits per heavy atom. The molecule has 1 saturated heterocycles. The van der Waals surface area contributed by atoms with Gasteiger partial charge in [-0.15, -0.1) is 0 Å². The Morgan fingerprint density at radius 3 is 2.54 bits per heavy atom. The van der Waals surface area contributed by atoms with Gasteiger partial charge in [0.05, 0.1) is 30.8 Å². The number of hydrogen-bond donors (Lipinski definition) is 2. The van der Waals surface area contributed by atoms with Crippen LogP contribution in [0, 0.1) is 6.92 Å². The Bertz CT molecular complexity index is 1490. The summed E-state index contributed by atoms with van der Waals surface area (Å²) in [4.78, 5) is 23.7. The predicted molar refractivity (Wildman–Crippen MR) is 160 cm³/mol. The third-order valence-electron chi connectivity index (χ3n) is 6.88. The van der Waals surface area contributed by atoms with Crippen LogP contribution in [-0.4, -0.2) is 85.7 Å². The Hall–Kier alpha value is -3.35. The topological polar surface area (TPSA) is 123 Å². The molecular formula is C28H36ClN5O6S. The fourth-order valence-electron chi connectivity index (χ4n) is 4.96. The first-order valence-electron chi connectivity index (χ1n) is 13.1. The second-order valence-corrected chi connectivity index (χ2v) is 12.5. The van der Waals surface area contributed by atoms with Crippen molar-refractivity contribution in [2.45, 2.75) is 51.8 Å². The van der Waals surface area contributed by atoms with Crippen molar-refractivity contribution in [1.29, 1.82) is 0 Å². The molecule has 0 saturated carbocycles. The van der Waals surface area contributed by atoms with Gasteiger partial charge in [-0.1, -0.05) is 17.7 Å². The molecule has 11 nitrogen and oxygen atoms in total. The van der Waals surface area contributed by atoms with E-state index in [1.807, 2.05) is 25.1 Å². The highest BCUT2D eigenvalue weighted by atomic mass is 35.5. The Labute approximate surface area is 246 Å². The molecule has 0 spiro atoms. The number of likely N-dealkylation sites (tertiary alicyclic amines) is 1. The van der Waals surface area contributed by atoms with Crippen molar-refractivity contribution in [3.05, 3.63) is 41.0 Å². The molecule has 2 unspecified atom stereocenters. The second kappa shape index (κ2) is 12.3. The van der Waals surface area contributed by atoms with Gasteiger partial charge in [0.15, 0.2) is 0 Å². The number of aromatic nitrogens is 2. The molecule has 2 heterocycles. The van der Waals surface area contributed by atoms with Crippen LogP contribution in [-0.2, 0) is 15.6 Å². The summed E-state index contributed by atoms with van der Waals surface area (Å²) in [5, 5.41) is 4.61. The number of halogens is 1. The molecule has 1 amide bonds. The Morgan fingerprint density at radius 2 is 1.90 bits per heavy atom. The van der Waals surface area contributed by atoms with Crippen LogP contribution in [0.5, 0.6) is 11.5 Å². The standard InChI is InChI=1S/C28H36ClN5O6S/c1-16-22(38-6)12-23(39-7)25(29)24(16)17-8-9-21-18(10-17)13-30-26(32-21)31-19-11-20(15-33(5)41(36)37)34(14-19)27(35)40-28(2,3)4/h8-10,12-13,19-20,41H,11,14-15H2,1-7H3,(H,30,31,32). The van der Waals surface area contributed by atoms with E-state index in [1.54, 1.807) is 52.2 Å². The van der Waals surface area contributed by atoms with E-state index in [0.29, 0.717) is 35.4 Å². The van der Waals surface area contributed by atoms with E-state index in [-0.39, 0.29) is 18.6 Å². The van der Waals surface area contributed by atoms with Gasteiger partial charge in [0.25, 0.3) is 0 Å². The second-order valence-electron chi connectivity index (χ2n) is 11.0. The SMILES string of the molecule is COc1cc(OC)c(Cl)c(-c2ccc3nc(NC4CC(CN(C)[SH](=O)=O)N(C(=O)OC(C)(C)C)C4)ncc3c2)c1C. The highest BCUT2D eigenvalue weighted by molar-refractivity contribution is 7.69. The number of amides is 1. The number of hydrogen-bond acceptors (Lipinski definition) is 9. The van der Waals surface area contributed by atoms with Gasteiger partial charge in [0, 0.05) is 55.0 Å². The zero-order valence-corrected chi connectivity index (χ0v) is 25.9. The fraction of sp³-hybridized carbons (Fsp3) is 0.464. The average Bonchev–Trinajstić information content (AvgIpc) is 3.30. The summed E-state index contributed by atoms with van der Waals surface area (Å²) in [5.41, 5.74) is 2.60. The maximum atomic E-state index is 12.9. The summed E-state index contributed by atoms with van der Waals surface area (Å²) in [6.07, 6.45) is 1.74. The summed E-state index contributed by atoms with van der Waals surface area (Å²) in [6.45, 7) is 7.80. The lowest BCUT2D eigenvalue weighted by atomic mass is 9.98. The molecular weight excluding hydrogens is 570 g/mol. The number of thiol groups is 1. The van der Waals surface area contributed by atoms with Crippen LogP contribution in [0.4, 0.5) is 10.7 Å². The maximum Gasteiger partial charge on any atom is 0.410 e. The summed E-state index contributed by atoms with van der Waals surface area (Å²) in [7, 11) is 1.88. The summed E-state index contributed by atoms with van der Waals surface area (Å²) < 4.78 is 40.7. The van der Waals surface area contributed by atoms with Crippen molar-refractivity contribution in [1.82, 2.24) is 19.2 Å². The highest BCUT2D eigenvalue weighted by Crippen LogP contribution is 2.43. The van der Waals surface area contributed by atoms with Crippen LogP contribution in [0.25, 0.3) is 22.0 Å². The van der Waals surface area contributed by atoms with E-state index in [1.165, 1.54) is 11.4 Å². The average molecular weight is 606 g/mol. The van der Waals surface area contributed by atoms with Crippen LogP contribution >= 0.6 is 11.6 Å². The Kier molecular flexibility index (Phi) is 9.15. The number of anilines is 1. The first-order chi connectivity index (χ1) is 19.3. The van der Waals surface area contributed by atoms with Crippen LogP contribution in [0.15, 0.2) is 30.5 Å². The number of fused-ring (bicyclic) bond motifs is 1. The molecule has 1 aromatic heterocycles. The van der Waals surface area contributed by atoms with E-state index in [9.17, 15) is 13.2 Å². The van der Waals surface area contributed by atoms with Crippen LogP contribution < -0.4 is 14.8 Å². The summed E-state index contributed by atoms with van der Waals surface area (Å²) in [5.74, 6) is 1.59. The number of ether oxygens (including phenoxy) is 3. The van der Waals surface area contributed by atoms with Gasteiger partial charge in [-0.3, -0.25) is 0 Å². The lowest BCUT2D eigenvalue weighted by Gasteiger charge is -2.29. The fourth-order valence-corrected chi connectivity index (χ4v) is 5.66. The zero-order valence-electron chi connectivity index (χ0n) is 24.2. The smallest absolute Gasteiger partial charge is 0.410 e. The first kappa shape index (κ1) is 30.6.